The Labute approximate surface area is 136 Å². The van der Waals surface area contributed by atoms with E-state index < -0.39 is 21.5 Å². The molecule has 0 aromatic heterocycles. The SMILES string of the molecule is O=C(O)C1(c2ccc(Oc3cccc(F)c3)cc2)CC1(Cl)Cl. The van der Waals surface area contributed by atoms with Gasteiger partial charge in [0.15, 0.2) is 0 Å². The van der Waals surface area contributed by atoms with Gasteiger partial charge in [0.25, 0.3) is 0 Å². The quantitative estimate of drug-likeness (QED) is 0.832. The van der Waals surface area contributed by atoms with Gasteiger partial charge in [-0.1, -0.05) is 41.4 Å². The third-order valence-corrected chi connectivity index (χ3v) is 4.64. The number of aliphatic carboxylic acids is 1. The average Bonchev–Trinajstić information content (AvgIpc) is 3.04. The van der Waals surface area contributed by atoms with Crippen molar-refractivity contribution in [2.75, 3.05) is 0 Å². The molecule has 1 aliphatic carbocycles. The maximum Gasteiger partial charge on any atom is 0.317 e. The molecule has 3 nitrogen and oxygen atoms in total. The number of rotatable bonds is 4. The van der Waals surface area contributed by atoms with Crippen molar-refractivity contribution in [1.82, 2.24) is 0 Å². The largest absolute Gasteiger partial charge is 0.480 e. The minimum Gasteiger partial charge on any atom is -0.480 e. The summed E-state index contributed by atoms with van der Waals surface area (Å²) in [5.41, 5.74) is -0.773. The molecule has 1 aliphatic rings. The van der Waals surface area contributed by atoms with Gasteiger partial charge in [-0.3, -0.25) is 4.79 Å². The summed E-state index contributed by atoms with van der Waals surface area (Å²) in [5, 5.41) is 9.39. The van der Waals surface area contributed by atoms with Gasteiger partial charge in [0.05, 0.1) is 0 Å². The fourth-order valence-electron chi connectivity index (χ4n) is 2.43. The Morgan fingerprint density at radius 3 is 2.27 bits per heavy atom. The second-order valence-electron chi connectivity index (χ2n) is 5.18. The van der Waals surface area contributed by atoms with E-state index in [1.54, 1.807) is 30.3 Å². The van der Waals surface area contributed by atoms with E-state index in [1.807, 2.05) is 0 Å². The number of carbonyl (C=O) groups is 1. The van der Waals surface area contributed by atoms with Crippen molar-refractivity contribution in [3.05, 3.63) is 59.9 Å². The summed E-state index contributed by atoms with van der Waals surface area (Å²) >= 11 is 12.0. The van der Waals surface area contributed by atoms with E-state index in [-0.39, 0.29) is 6.42 Å². The number of halogens is 3. The van der Waals surface area contributed by atoms with E-state index in [0.29, 0.717) is 17.1 Å². The van der Waals surface area contributed by atoms with E-state index in [1.165, 1.54) is 18.2 Å². The molecule has 2 aromatic rings. The first kappa shape index (κ1) is 15.1. The van der Waals surface area contributed by atoms with Gasteiger partial charge in [-0.2, -0.15) is 0 Å². The van der Waals surface area contributed by atoms with Gasteiger partial charge in [0.2, 0.25) is 0 Å². The lowest BCUT2D eigenvalue weighted by Gasteiger charge is -2.14. The van der Waals surface area contributed by atoms with Crippen molar-refractivity contribution in [3.63, 3.8) is 0 Å². The molecule has 3 rings (SSSR count). The van der Waals surface area contributed by atoms with Gasteiger partial charge < -0.3 is 9.84 Å². The number of hydrogen-bond acceptors (Lipinski definition) is 2. The van der Waals surface area contributed by atoms with Crippen LogP contribution in [0.2, 0.25) is 0 Å². The molecule has 1 unspecified atom stereocenters. The van der Waals surface area contributed by atoms with Gasteiger partial charge in [0, 0.05) is 12.5 Å². The monoisotopic (exact) mass is 340 g/mol. The first-order chi connectivity index (χ1) is 10.3. The van der Waals surface area contributed by atoms with E-state index in [4.69, 9.17) is 27.9 Å². The summed E-state index contributed by atoms with van der Waals surface area (Å²) in [6, 6.07) is 12.2. The molecule has 0 amide bonds. The Balaban J connectivity index is 1.83. The van der Waals surface area contributed by atoms with Gasteiger partial charge in [-0.15, -0.1) is 0 Å². The van der Waals surface area contributed by atoms with Crippen LogP contribution in [0.15, 0.2) is 48.5 Å². The highest BCUT2D eigenvalue weighted by Gasteiger charge is 2.72. The molecule has 0 spiro atoms. The molecule has 1 N–H and O–H groups in total. The highest BCUT2D eigenvalue weighted by atomic mass is 35.5. The van der Waals surface area contributed by atoms with Crippen molar-refractivity contribution >= 4 is 29.2 Å². The molecule has 22 heavy (non-hydrogen) atoms. The fourth-order valence-corrected chi connectivity index (χ4v) is 3.21. The van der Waals surface area contributed by atoms with Crippen LogP contribution in [0.5, 0.6) is 11.5 Å². The van der Waals surface area contributed by atoms with Crippen LogP contribution in [0, 0.1) is 5.82 Å². The molecule has 6 heteroatoms. The molecule has 1 saturated carbocycles. The molecule has 114 valence electrons. The molecule has 0 bridgehead atoms. The number of ether oxygens (including phenoxy) is 1. The first-order valence-electron chi connectivity index (χ1n) is 6.50. The lowest BCUT2D eigenvalue weighted by atomic mass is 9.96. The molecule has 0 heterocycles. The van der Waals surface area contributed by atoms with Gasteiger partial charge >= 0.3 is 5.97 Å². The van der Waals surface area contributed by atoms with Crippen LogP contribution in [-0.4, -0.2) is 15.4 Å². The number of carboxylic acids is 1. The normalized spacial score (nSPS) is 22.1. The molecular formula is C16H11Cl2FO3. The zero-order chi connectivity index (χ0) is 16.0. The molecule has 2 aromatic carbocycles. The Morgan fingerprint density at radius 1 is 1.14 bits per heavy atom. The third-order valence-electron chi connectivity index (χ3n) is 3.73. The van der Waals surface area contributed by atoms with Crippen molar-refractivity contribution in [2.45, 2.75) is 16.2 Å². The lowest BCUT2D eigenvalue weighted by molar-refractivity contribution is -0.140. The molecule has 0 saturated heterocycles. The van der Waals surface area contributed by atoms with Crippen LogP contribution in [0.3, 0.4) is 0 Å². The molecule has 1 fully saturated rings. The number of carboxylic acid groups (broad SMARTS) is 1. The van der Waals surface area contributed by atoms with Crippen LogP contribution in [-0.2, 0) is 10.2 Å². The topological polar surface area (TPSA) is 46.5 Å². The summed E-state index contributed by atoms with van der Waals surface area (Å²) in [6.45, 7) is 0. The van der Waals surface area contributed by atoms with Crippen LogP contribution >= 0.6 is 23.2 Å². The lowest BCUT2D eigenvalue weighted by Crippen LogP contribution is -2.26. The summed E-state index contributed by atoms with van der Waals surface area (Å²) < 4.78 is 17.3. The highest BCUT2D eigenvalue weighted by Crippen LogP contribution is 2.65. The number of alkyl halides is 2. The van der Waals surface area contributed by atoms with Crippen molar-refractivity contribution in [3.8, 4) is 11.5 Å². The summed E-state index contributed by atoms with van der Waals surface area (Å²) in [7, 11) is 0. The molecule has 0 aliphatic heterocycles. The fraction of sp³-hybridized carbons (Fsp3) is 0.188. The van der Waals surface area contributed by atoms with E-state index >= 15 is 0 Å². The van der Waals surface area contributed by atoms with E-state index in [0.717, 1.165) is 0 Å². The summed E-state index contributed by atoms with van der Waals surface area (Å²) in [5.74, 6) is -0.635. The van der Waals surface area contributed by atoms with Gasteiger partial charge in [-0.05, 0) is 29.8 Å². The number of hydrogen-bond donors (Lipinski definition) is 1. The Kier molecular flexibility index (Phi) is 3.54. The second kappa shape index (κ2) is 5.14. The number of benzene rings is 2. The van der Waals surface area contributed by atoms with Crippen molar-refractivity contribution in [2.24, 2.45) is 0 Å². The predicted molar refractivity (Wildman–Crippen MR) is 81.3 cm³/mol. The van der Waals surface area contributed by atoms with E-state index in [2.05, 4.69) is 0 Å². The van der Waals surface area contributed by atoms with Crippen LogP contribution in [0.1, 0.15) is 12.0 Å². The second-order valence-corrected chi connectivity index (χ2v) is 6.66. The van der Waals surface area contributed by atoms with Crippen LogP contribution in [0.25, 0.3) is 0 Å². The maximum atomic E-state index is 13.1. The van der Waals surface area contributed by atoms with E-state index in [9.17, 15) is 14.3 Å². The smallest absolute Gasteiger partial charge is 0.317 e. The highest BCUT2D eigenvalue weighted by molar-refractivity contribution is 6.54. The summed E-state index contributed by atoms with van der Waals surface area (Å²) in [4.78, 5) is 11.5. The first-order valence-corrected chi connectivity index (χ1v) is 7.26. The van der Waals surface area contributed by atoms with Crippen LogP contribution < -0.4 is 4.74 Å². The van der Waals surface area contributed by atoms with Gasteiger partial charge in [-0.25, -0.2) is 4.39 Å². The molecule has 1 atom stereocenters. The maximum absolute atomic E-state index is 13.1. The summed E-state index contributed by atoms with van der Waals surface area (Å²) in [6.07, 6.45) is 0.155. The zero-order valence-corrected chi connectivity index (χ0v) is 12.7. The average molecular weight is 341 g/mol. The van der Waals surface area contributed by atoms with Crippen molar-refractivity contribution in [1.29, 1.82) is 0 Å². The van der Waals surface area contributed by atoms with Gasteiger partial charge in [0.1, 0.15) is 27.1 Å². The van der Waals surface area contributed by atoms with Crippen molar-refractivity contribution < 1.29 is 19.0 Å². The Hall–Kier alpha value is -1.78. The van der Waals surface area contributed by atoms with Crippen LogP contribution in [0.4, 0.5) is 4.39 Å². The Bertz CT molecular complexity index is 730. The molecular weight excluding hydrogens is 330 g/mol. The third kappa shape index (κ3) is 2.42. The zero-order valence-electron chi connectivity index (χ0n) is 11.2. The standard InChI is InChI=1S/C16H11Cl2FO3/c17-16(18)9-15(16,14(20)21)10-4-6-12(7-5-10)22-13-3-1-2-11(19)8-13/h1-8H,9H2,(H,20,21). The molecule has 0 radical (unpaired) electrons. The predicted octanol–water partition coefficient (Wildman–Crippen LogP) is 4.52. The minimum atomic E-state index is -1.30. The Morgan fingerprint density at radius 2 is 1.77 bits per heavy atom. The minimum absolute atomic E-state index is 0.155.